The fraction of sp³-hybridized carbons (Fsp3) is 0.571. The lowest BCUT2D eigenvalue weighted by Gasteiger charge is -2.41. The highest BCUT2D eigenvalue weighted by atomic mass is 16.5. The second kappa shape index (κ2) is 5.94. The Labute approximate surface area is 144 Å². The van der Waals surface area contributed by atoms with E-state index in [1.54, 1.807) is 7.11 Å². The van der Waals surface area contributed by atoms with Crippen molar-refractivity contribution in [1.29, 1.82) is 0 Å². The van der Waals surface area contributed by atoms with Gasteiger partial charge in [0.2, 0.25) is 0 Å². The number of hydrogen-bond donors (Lipinski definition) is 1. The fourth-order valence-electron chi connectivity index (χ4n) is 5.57. The number of carbonyl (C=O) groups is 1. The zero-order valence-corrected chi connectivity index (χ0v) is 15.1. The quantitative estimate of drug-likeness (QED) is 0.804. The summed E-state index contributed by atoms with van der Waals surface area (Å²) >= 11 is 0. The number of methoxy groups -OCH3 is 1. The van der Waals surface area contributed by atoms with Gasteiger partial charge in [0, 0.05) is 5.41 Å². The van der Waals surface area contributed by atoms with E-state index in [9.17, 15) is 9.90 Å². The van der Waals surface area contributed by atoms with Crippen LogP contribution in [0.15, 0.2) is 30.4 Å². The number of carboxylic acids is 1. The molecule has 4 atom stereocenters. The number of aliphatic carboxylic acids is 1. The summed E-state index contributed by atoms with van der Waals surface area (Å²) in [6, 6.07) is 6.22. The third-order valence-electron chi connectivity index (χ3n) is 6.66. The number of hydrogen-bond acceptors (Lipinski definition) is 2. The number of benzene rings is 1. The van der Waals surface area contributed by atoms with Crippen molar-refractivity contribution < 1.29 is 14.6 Å². The van der Waals surface area contributed by atoms with E-state index in [1.807, 2.05) is 13.0 Å². The second-order valence-corrected chi connectivity index (χ2v) is 7.87. The van der Waals surface area contributed by atoms with E-state index in [-0.39, 0.29) is 22.7 Å². The summed E-state index contributed by atoms with van der Waals surface area (Å²) in [7, 11) is 1.67. The maximum atomic E-state index is 12.2. The average molecular weight is 328 g/mol. The van der Waals surface area contributed by atoms with Gasteiger partial charge in [-0.3, -0.25) is 4.79 Å². The van der Waals surface area contributed by atoms with E-state index in [0.29, 0.717) is 0 Å². The number of ether oxygens (including phenoxy) is 1. The molecular weight excluding hydrogens is 300 g/mol. The van der Waals surface area contributed by atoms with Gasteiger partial charge in [0.15, 0.2) is 0 Å². The lowest BCUT2D eigenvalue weighted by Crippen LogP contribution is -2.36. The molecule has 0 amide bonds. The molecule has 0 aliphatic heterocycles. The molecule has 0 saturated heterocycles. The molecule has 0 heterocycles. The Bertz CT molecular complexity index is 678. The molecule has 4 unspecified atom stereocenters. The normalized spacial score (nSPS) is 34.3. The van der Waals surface area contributed by atoms with Crippen LogP contribution in [-0.2, 0) is 16.6 Å². The van der Waals surface area contributed by atoms with Gasteiger partial charge >= 0.3 is 5.97 Å². The van der Waals surface area contributed by atoms with Crippen molar-refractivity contribution in [2.24, 2.45) is 17.3 Å². The molecule has 1 aromatic carbocycles. The maximum absolute atomic E-state index is 12.2. The second-order valence-electron chi connectivity index (χ2n) is 7.87. The molecule has 1 saturated carbocycles. The largest absolute Gasteiger partial charge is 0.497 e. The van der Waals surface area contributed by atoms with Gasteiger partial charge in [-0.2, -0.15) is 0 Å². The van der Waals surface area contributed by atoms with Crippen LogP contribution in [0.3, 0.4) is 0 Å². The highest BCUT2D eigenvalue weighted by molar-refractivity contribution is 5.75. The van der Waals surface area contributed by atoms with Gasteiger partial charge in [-0.1, -0.05) is 32.1 Å². The van der Waals surface area contributed by atoms with Crippen molar-refractivity contribution >= 4 is 5.97 Å². The van der Waals surface area contributed by atoms with Gasteiger partial charge < -0.3 is 9.84 Å². The maximum Gasteiger partial charge on any atom is 0.307 e. The van der Waals surface area contributed by atoms with Gasteiger partial charge in [0.1, 0.15) is 5.75 Å². The van der Waals surface area contributed by atoms with Gasteiger partial charge in [-0.25, -0.2) is 0 Å². The highest BCUT2D eigenvalue weighted by Crippen LogP contribution is 2.65. The number of carboxylic acid groups (broad SMARTS) is 1. The molecule has 1 fully saturated rings. The number of rotatable bonds is 5. The minimum Gasteiger partial charge on any atom is -0.497 e. The molecule has 2 aliphatic rings. The first kappa shape index (κ1) is 17.1. The summed E-state index contributed by atoms with van der Waals surface area (Å²) in [4.78, 5) is 12.2. The Hall–Kier alpha value is -1.77. The summed E-state index contributed by atoms with van der Waals surface area (Å²) in [6.45, 7) is 6.35. The predicted octanol–water partition coefficient (Wildman–Crippen LogP) is 4.59. The van der Waals surface area contributed by atoms with Crippen LogP contribution in [0.2, 0.25) is 0 Å². The summed E-state index contributed by atoms with van der Waals surface area (Å²) in [6.07, 6.45) is 8.31. The molecule has 0 spiro atoms. The van der Waals surface area contributed by atoms with Crippen LogP contribution in [0.25, 0.3) is 0 Å². The molecular formula is C21H28O3. The zero-order valence-electron chi connectivity index (χ0n) is 15.1. The molecule has 3 heteroatoms. The summed E-state index contributed by atoms with van der Waals surface area (Å²) in [5, 5.41) is 9.99. The average Bonchev–Trinajstić information content (AvgIpc) is 2.72. The minimum absolute atomic E-state index is 0.0822. The van der Waals surface area contributed by atoms with E-state index in [2.05, 4.69) is 38.1 Å². The summed E-state index contributed by atoms with van der Waals surface area (Å²) < 4.78 is 5.40. The van der Waals surface area contributed by atoms with E-state index in [0.717, 1.165) is 31.4 Å². The lowest BCUT2D eigenvalue weighted by molar-refractivity contribution is -0.145. The van der Waals surface area contributed by atoms with E-state index in [1.165, 1.54) is 11.1 Å². The standard InChI is InChI=1S/C21H28O3/c1-5-6-7-10-21-12-15-8-9-16(24-4)11-17(15)20(3,13-21)18(14(21)2)19(22)23/h5-6,8-9,11,14,18H,7,10,12-13H2,1-4H3,(H,22,23). The molecule has 130 valence electrons. The Morgan fingerprint density at radius 3 is 2.83 bits per heavy atom. The van der Waals surface area contributed by atoms with Crippen LogP contribution in [0.4, 0.5) is 0 Å². The van der Waals surface area contributed by atoms with Crippen LogP contribution >= 0.6 is 0 Å². The summed E-state index contributed by atoms with van der Waals surface area (Å²) in [5.74, 6) is -0.00576. The molecule has 0 radical (unpaired) electrons. The monoisotopic (exact) mass is 328 g/mol. The van der Waals surface area contributed by atoms with Crippen molar-refractivity contribution in [2.75, 3.05) is 7.11 Å². The van der Waals surface area contributed by atoms with E-state index < -0.39 is 5.97 Å². The van der Waals surface area contributed by atoms with E-state index >= 15 is 0 Å². The predicted molar refractivity (Wildman–Crippen MR) is 95.4 cm³/mol. The van der Waals surface area contributed by atoms with Crippen molar-refractivity contribution in [3.05, 3.63) is 41.5 Å². The van der Waals surface area contributed by atoms with Crippen molar-refractivity contribution in [2.45, 2.75) is 51.9 Å². The molecule has 1 N–H and O–H groups in total. The van der Waals surface area contributed by atoms with Gasteiger partial charge in [-0.05, 0) is 67.2 Å². The molecule has 2 aliphatic carbocycles. The Kier molecular flexibility index (Phi) is 4.23. The van der Waals surface area contributed by atoms with Gasteiger partial charge in [-0.15, -0.1) is 0 Å². The van der Waals surface area contributed by atoms with Crippen LogP contribution < -0.4 is 4.74 Å². The van der Waals surface area contributed by atoms with Crippen molar-refractivity contribution in [3.8, 4) is 5.75 Å². The highest BCUT2D eigenvalue weighted by Gasteiger charge is 2.62. The summed E-state index contributed by atoms with van der Waals surface area (Å²) in [5.41, 5.74) is 2.25. The van der Waals surface area contributed by atoms with Crippen LogP contribution in [0.1, 0.15) is 51.2 Å². The molecule has 3 nitrogen and oxygen atoms in total. The molecule has 0 aromatic heterocycles. The first-order chi connectivity index (χ1) is 11.4. The number of fused-ring (bicyclic) bond motifs is 4. The Morgan fingerprint density at radius 1 is 1.46 bits per heavy atom. The minimum atomic E-state index is -0.659. The molecule has 2 bridgehead atoms. The van der Waals surface area contributed by atoms with Crippen molar-refractivity contribution in [1.82, 2.24) is 0 Å². The first-order valence-electron chi connectivity index (χ1n) is 8.89. The van der Waals surface area contributed by atoms with Gasteiger partial charge in [0.05, 0.1) is 13.0 Å². The topological polar surface area (TPSA) is 46.5 Å². The van der Waals surface area contributed by atoms with Crippen LogP contribution in [0, 0.1) is 17.3 Å². The smallest absolute Gasteiger partial charge is 0.307 e. The third kappa shape index (κ3) is 2.37. The van der Waals surface area contributed by atoms with Gasteiger partial charge in [0.25, 0.3) is 0 Å². The Morgan fingerprint density at radius 2 is 2.21 bits per heavy atom. The third-order valence-corrected chi connectivity index (χ3v) is 6.66. The zero-order chi connectivity index (χ0) is 17.5. The van der Waals surface area contributed by atoms with E-state index in [4.69, 9.17) is 4.74 Å². The Balaban J connectivity index is 2.11. The van der Waals surface area contributed by atoms with Crippen LogP contribution in [0.5, 0.6) is 5.75 Å². The first-order valence-corrected chi connectivity index (χ1v) is 8.89. The molecule has 24 heavy (non-hydrogen) atoms. The van der Waals surface area contributed by atoms with Crippen LogP contribution in [-0.4, -0.2) is 18.2 Å². The lowest BCUT2D eigenvalue weighted by atomic mass is 9.63. The number of allylic oxidation sites excluding steroid dienone is 2. The molecule has 3 rings (SSSR count). The van der Waals surface area contributed by atoms with Crippen molar-refractivity contribution in [3.63, 3.8) is 0 Å². The molecule has 1 aromatic rings. The SMILES string of the molecule is CC=CCCC12Cc3ccc(OC)cc3C(C)(C1)C(C(=O)O)C2C. The fourth-order valence-corrected chi connectivity index (χ4v) is 5.57.